The standard InChI is InChI=1S/C15H24N2O2/c1-5-10(3)17-13(6-2)15(18)11-7-8-14(19-4)12(16)9-11/h7-10,13,17H,5-6,16H2,1-4H3. The number of ketones is 1. The molecule has 0 heterocycles. The lowest BCUT2D eigenvalue weighted by atomic mass is 10.0. The Kier molecular flexibility index (Phi) is 5.83. The van der Waals surface area contributed by atoms with Crippen LogP contribution < -0.4 is 15.8 Å². The average molecular weight is 264 g/mol. The first-order chi connectivity index (χ1) is 9.03. The number of benzene rings is 1. The highest BCUT2D eigenvalue weighted by Gasteiger charge is 2.20. The summed E-state index contributed by atoms with van der Waals surface area (Å²) >= 11 is 0. The summed E-state index contributed by atoms with van der Waals surface area (Å²) in [7, 11) is 1.56. The molecule has 106 valence electrons. The molecule has 19 heavy (non-hydrogen) atoms. The molecule has 4 nitrogen and oxygen atoms in total. The lowest BCUT2D eigenvalue weighted by molar-refractivity contribution is 0.0934. The lowest BCUT2D eigenvalue weighted by Gasteiger charge is -2.20. The second-order valence-corrected chi connectivity index (χ2v) is 4.76. The maximum atomic E-state index is 12.4. The van der Waals surface area contributed by atoms with Gasteiger partial charge in [-0.15, -0.1) is 0 Å². The molecule has 0 bridgehead atoms. The minimum atomic E-state index is -0.164. The van der Waals surface area contributed by atoms with Gasteiger partial charge in [0.15, 0.2) is 5.78 Å². The second-order valence-electron chi connectivity index (χ2n) is 4.76. The molecule has 0 aliphatic rings. The minimum Gasteiger partial charge on any atom is -0.495 e. The SMILES string of the molecule is CCC(C)NC(CC)C(=O)c1ccc(OC)c(N)c1. The van der Waals surface area contributed by atoms with Crippen molar-refractivity contribution in [1.82, 2.24) is 5.32 Å². The van der Waals surface area contributed by atoms with E-state index in [1.165, 1.54) is 0 Å². The molecule has 0 aliphatic heterocycles. The van der Waals surface area contributed by atoms with Gasteiger partial charge < -0.3 is 15.8 Å². The summed E-state index contributed by atoms with van der Waals surface area (Å²) in [6.45, 7) is 6.18. The van der Waals surface area contributed by atoms with Crippen LogP contribution in [0.2, 0.25) is 0 Å². The fourth-order valence-electron chi connectivity index (χ4n) is 1.93. The molecule has 4 heteroatoms. The summed E-state index contributed by atoms with van der Waals surface area (Å²) in [5, 5.41) is 3.34. The summed E-state index contributed by atoms with van der Waals surface area (Å²) in [6.07, 6.45) is 1.75. The number of hydrogen-bond donors (Lipinski definition) is 2. The zero-order valence-corrected chi connectivity index (χ0v) is 12.2. The van der Waals surface area contributed by atoms with E-state index in [0.717, 1.165) is 12.8 Å². The van der Waals surface area contributed by atoms with Crippen LogP contribution in [0.3, 0.4) is 0 Å². The van der Waals surface area contributed by atoms with Crippen LogP contribution in [-0.4, -0.2) is 25.0 Å². The molecule has 0 spiro atoms. The van der Waals surface area contributed by atoms with E-state index < -0.39 is 0 Å². The van der Waals surface area contributed by atoms with Gasteiger partial charge in [-0.3, -0.25) is 4.79 Å². The van der Waals surface area contributed by atoms with Gasteiger partial charge in [0.25, 0.3) is 0 Å². The highest BCUT2D eigenvalue weighted by atomic mass is 16.5. The zero-order valence-electron chi connectivity index (χ0n) is 12.2. The van der Waals surface area contributed by atoms with E-state index in [0.29, 0.717) is 23.0 Å². The molecule has 2 unspecified atom stereocenters. The number of carbonyl (C=O) groups excluding carboxylic acids is 1. The van der Waals surface area contributed by atoms with E-state index in [1.807, 2.05) is 6.92 Å². The van der Waals surface area contributed by atoms with E-state index in [-0.39, 0.29) is 11.8 Å². The molecule has 0 saturated heterocycles. The van der Waals surface area contributed by atoms with Gasteiger partial charge in [-0.2, -0.15) is 0 Å². The van der Waals surface area contributed by atoms with Crippen molar-refractivity contribution in [3.63, 3.8) is 0 Å². The van der Waals surface area contributed by atoms with Crippen LogP contribution in [0.1, 0.15) is 44.0 Å². The zero-order chi connectivity index (χ0) is 14.4. The highest BCUT2D eigenvalue weighted by Crippen LogP contribution is 2.23. The van der Waals surface area contributed by atoms with E-state index in [4.69, 9.17) is 10.5 Å². The predicted octanol–water partition coefficient (Wildman–Crippen LogP) is 2.63. The molecule has 0 amide bonds. The Morgan fingerprint density at radius 3 is 2.53 bits per heavy atom. The molecular weight excluding hydrogens is 240 g/mol. The van der Waals surface area contributed by atoms with Crippen LogP contribution in [-0.2, 0) is 0 Å². The van der Waals surface area contributed by atoms with Gasteiger partial charge in [0, 0.05) is 11.6 Å². The maximum absolute atomic E-state index is 12.4. The number of anilines is 1. The number of Topliss-reactive ketones (excluding diaryl/α,β-unsaturated/α-hetero) is 1. The largest absolute Gasteiger partial charge is 0.495 e. The molecule has 1 aromatic carbocycles. The van der Waals surface area contributed by atoms with Crippen molar-refractivity contribution in [3.8, 4) is 5.75 Å². The normalized spacial score (nSPS) is 13.9. The molecule has 1 rings (SSSR count). The number of methoxy groups -OCH3 is 1. The van der Waals surface area contributed by atoms with Crippen molar-refractivity contribution in [3.05, 3.63) is 23.8 Å². The first kappa shape index (κ1) is 15.5. The van der Waals surface area contributed by atoms with Crippen molar-refractivity contribution in [2.24, 2.45) is 0 Å². The quantitative estimate of drug-likeness (QED) is 0.587. The topological polar surface area (TPSA) is 64.3 Å². The van der Waals surface area contributed by atoms with Gasteiger partial charge in [-0.25, -0.2) is 0 Å². The number of ether oxygens (including phenoxy) is 1. The van der Waals surface area contributed by atoms with E-state index in [1.54, 1.807) is 25.3 Å². The number of carbonyl (C=O) groups is 1. The van der Waals surface area contributed by atoms with Gasteiger partial charge in [-0.05, 0) is 38.0 Å². The molecule has 1 aromatic rings. The number of hydrogen-bond acceptors (Lipinski definition) is 4. The Morgan fingerprint density at radius 2 is 2.05 bits per heavy atom. The van der Waals surface area contributed by atoms with Gasteiger partial charge in [0.2, 0.25) is 0 Å². The molecule has 0 saturated carbocycles. The van der Waals surface area contributed by atoms with Crippen molar-refractivity contribution < 1.29 is 9.53 Å². The smallest absolute Gasteiger partial charge is 0.179 e. The average Bonchev–Trinajstić information content (AvgIpc) is 2.43. The van der Waals surface area contributed by atoms with Gasteiger partial charge in [0.05, 0.1) is 18.8 Å². The van der Waals surface area contributed by atoms with Crippen LogP contribution in [0.25, 0.3) is 0 Å². The van der Waals surface area contributed by atoms with Gasteiger partial charge in [-0.1, -0.05) is 13.8 Å². The summed E-state index contributed by atoms with van der Waals surface area (Å²) in [5.74, 6) is 0.677. The summed E-state index contributed by atoms with van der Waals surface area (Å²) in [4.78, 5) is 12.4. The second kappa shape index (κ2) is 7.14. The summed E-state index contributed by atoms with van der Waals surface area (Å²) in [6, 6.07) is 5.34. The first-order valence-electron chi connectivity index (χ1n) is 6.77. The highest BCUT2D eigenvalue weighted by molar-refractivity contribution is 6.01. The van der Waals surface area contributed by atoms with E-state index >= 15 is 0 Å². The molecular formula is C15H24N2O2. The number of rotatable bonds is 7. The predicted molar refractivity (Wildman–Crippen MR) is 78.7 cm³/mol. The number of nitrogens with two attached hydrogens (primary N) is 1. The molecule has 0 aliphatic carbocycles. The third kappa shape index (κ3) is 3.96. The van der Waals surface area contributed by atoms with Crippen LogP contribution in [0.4, 0.5) is 5.69 Å². The number of nitrogen functional groups attached to an aromatic ring is 1. The maximum Gasteiger partial charge on any atom is 0.179 e. The third-order valence-electron chi connectivity index (χ3n) is 3.34. The van der Waals surface area contributed by atoms with Gasteiger partial charge >= 0.3 is 0 Å². The molecule has 2 atom stereocenters. The van der Waals surface area contributed by atoms with Crippen LogP contribution in [0.5, 0.6) is 5.75 Å². The summed E-state index contributed by atoms with van der Waals surface area (Å²) < 4.78 is 5.10. The Morgan fingerprint density at radius 1 is 1.37 bits per heavy atom. The van der Waals surface area contributed by atoms with Crippen molar-refractivity contribution in [1.29, 1.82) is 0 Å². The molecule has 0 radical (unpaired) electrons. The van der Waals surface area contributed by atoms with E-state index in [9.17, 15) is 4.79 Å². The van der Waals surface area contributed by atoms with Crippen LogP contribution >= 0.6 is 0 Å². The van der Waals surface area contributed by atoms with Crippen LogP contribution in [0.15, 0.2) is 18.2 Å². The number of nitrogens with one attached hydrogen (secondary N) is 1. The Bertz CT molecular complexity index is 432. The first-order valence-corrected chi connectivity index (χ1v) is 6.77. The third-order valence-corrected chi connectivity index (χ3v) is 3.34. The molecule has 0 fully saturated rings. The fourth-order valence-corrected chi connectivity index (χ4v) is 1.93. The fraction of sp³-hybridized carbons (Fsp3) is 0.533. The molecule has 3 N–H and O–H groups in total. The minimum absolute atomic E-state index is 0.0807. The Hall–Kier alpha value is -1.55. The van der Waals surface area contributed by atoms with Crippen molar-refractivity contribution in [2.75, 3.05) is 12.8 Å². The van der Waals surface area contributed by atoms with Crippen LogP contribution in [0, 0.1) is 0 Å². The van der Waals surface area contributed by atoms with Crippen molar-refractivity contribution >= 4 is 11.5 Å². The molecule has 0 aromatic heterocycles. The Balaban J connectivity index is 2.88. The Labute approximate surface area is 115 Å². The summed E-state index contributed by atoms with van der Waals surface area (Å²) in [5.41, 5.74) is 6.96. The monoisotopic (exact) mass is 264 g/mol. The lowest BCUT2D eigenvalue weighted by Crippen LogP contribution is -2.41. The van der Waals surface area contributed by atoms with Crippen molar-refractivity contribution in [2.45, 2.75) is 45.7 Å². The van der Waals surface area contributed by atoms with E-state index in [2.05, 4.69) is 19.2 Å². The van der Waals surface area contributed by atoms with Gasteiger partial charge in [0.1, 0.15) is 5.75 Å².